The number of nitrogens with zero attached hydrogens (tertiary/aromatic N) is 4. The van der Waals surface area contributed by atoms with Gasteiger partial charge in [-0.15, -0.1) is 0 Å². The summed E-state index contributed by atoms with van der Waals surface area (Å²) in [6, 6.07) is 2.95. The van der Waals surface area contributed by atoms with Gasteiger partial charge in [-0.2, -0.15) is 16.9 Å². The first-order valence-corrected chi connectivity index (χ1v) is 9.01. The van der Waals surface area contributed by atoms with Crippen LogP contribution in [-0.2, 0) is 6.54 Å². The Balaban J connectivity index is 1.41. The SMILES string of the molecule is Cc1ccnn1CCN1CCN(C2CCSCC2)CC1. The lowest BCUT2D eigenvalue weighted by atomic mass is 10.1. The summed E-state index contributed by atoms with van der Waals surface area (Å²) in [6.07, 6.45) is 4.70. The molecule has 20 heavy (non-hydrogen) atoms. The van der Waals surface area contributed by atoms with E-state index in [1.54, 1.807) is 0 Å². The molecule has 2 fully saturated rings. The molecule has 0 spiro atoms. The Morgan fingerprint density at radius 1 is 1.15 bits per heavy atom. The normalized spacial score (nSPS) is 23.2. The maximum Gasteiger partial charge on any atom is 0.0539 e. The molecule has 0 N–H and O–H groups in total. The molecule has 112 valence electrons. The predicted octanol–water partition coefficient (Wildman–Crippen LogP) is 1.70. The molecule has 5 heteroatoms. The van der Waals surface area contributed by atoms with E-state index in [0.717, 1.165) is 19.1 Å². The second kappa shape index (κ2) is 6.96. The maximum absolute atomic E-state index is 4.37. The number of thioether (sulfide) groups is 1. The Hall–Kier alpha value is -0.520. The van der Waals surface area contributed by atoms with E-state index < -0.39 is 0 Å². The van der Waals surface area contributed by atoms with Gasteiger partial charge in [0.25, 0.3) is 0 Å². The molecule has 0 unspecified atom stereocenters. The number of hydrogen-bond donors (Lipinski definition) is 0. The van der Waals surface area contributed by atoms with Crippen molar-refractivity contribution in [2.45, 2.75) is 32.4 Å². The molecule has 2 aliphatic rings. The van der Waals surface area contributed by atoms with Crippen molar-refractivity contribution >= 4 is 11.8 Å². The van der Waals surface area contributed by atoms with Gasteiger partial charge >= 0.3 is 0 Å². The van der Waals surface area contributed by atoms with Crippen LogP contribution in [0.1, 0.15) is 18.5 Å². The average Bonchev–Trinajstić information content (AvgIpc) is 2.92. The number of hydrogen-bond acceptors (Lipinski definition) is 4. The molecule has 0 aromatic carbocycles. The van der Waals surface area contributed by atoms with Gasteiger partial charge in [0.2, 0.25) is 0 Å². The van der Waals surface area contributed by atoms with Gasteiger partial charge in [0.1, 0.15) is 0 Å². The van der Waals surface area contributed by atoms with Crippen molar-refractivity contribution in [2.75, 3.05) is 44.2 Å². The van der Waals surface area contributed by atoms with Crippen molar-refractivity contribution in [3.05, 3.63) is 18.0 Å². The first-order valence-electron chi connectivity index (χ1n) is 7.85. The minimum atomic E-state index is 0.867. The van der Waals surface area contributed by atoms with Gasteiger partial charge in [-0.3, -0.25) is 14.5 Å². The highest BCUT2D eigenvalue weighted by molar-refractivity contribution is 7.99. The van der Waals surface area contributed by atoms with E-state index in [2.05, 4.69) is 44.3 Å². The van der Waals surface area contributed by atoms with Crippen LogP contribution in [0, 0.1) is 6.92 Å². The van der Waals surface area contributed by atoms with Crippen LogP contribution in [0.2, 0.25) is 0 Å². The first kappa shape index (κ1) is 14.4. The number of piperazine rings is 1. The van der Waals surface area contributed by atoms with Crippen molar-refractivity contribution in [2.24, 2.45) is 0 Å². The van der Waals surface area contributed by atoms with E-state index in [4.69, 9.17) is 0 Å². The smallest absolute Gasteiger partial charge is 0.0539 e. The number of aryl methyl sites for hydroxylation is 1. The van der Waals surface area contributed by atoms with Gasteiger partial charge in [-0.1, -0.05) is 0 Å². The molecule has 0 radical (unpaired) electrons. The van der Waals surface area contributed by atoms with E-state index in [-0.39, 0.29) is 0 Å². The van der Waals surface area contributed by atoms with Crippen LogP contribution in [0.3, 0.4) is 0 Å². The van der Waals surface area contributed by atoms with E-state index in [1.165, 1.54) is 56.2 Å². The third-order valence-electron chi connectivity index (χ3n) is 4.67. The maximum atomic E-state index is 4.37. The minimum absolute atomic E-state index is 0.867. The van der Waals surface area contributed by atoms with Gasteiger partial charge in [0.05, 0.1) is 6.54 Å². The molecule has 2 saturated heterocycles. The summed E-state index contributed by atoms with van der Waals surface area (Å²) in [5.41, 5.74) is 1.27. The molecular weight excluding hydrogens is 268 g/mol. The monoisotopic (exact) mass is 294 g/mol. The van der Waals surface area contributed by atoms with Gasteiger partial charge < -0.3 is 0 Å². The third kappa shape index (κ3) is 3.57. The lowest BCUT2D eigenvalue weighted by Crippen LogP contribution is -2.51. The van der Waals surface area contributed by atoms with E-state index in [1.807, 2.05) is 6.20 Å². The van der Waals surface area contributed by atoms with Gasteiger partial charge in [-0.05, 0) is 37.3 Å². The van der Waals surface area contributed by atoms with E-state index >= 15 is 0 Å². The second-order valence-electron chi connectivity index (χ2n) is 5.92. The largest absolute Gasteiger partial charge is 0.299 e. The lowest BCUT2D eigenvalue weighted by Gasteiger charge is -2.40. The zero-order valence-corrected chi connectivity index (χ0v) is 13.3. The highest BCUT2D eigenvalue weighted by Crippen LogP contribution is 2.22. The number of aromatic nitrogens is 2. The molecule has 4 nitrogen and oxygen atoms in total. The minimum Gasteiger partial charge on any atom is -0.299 e. The zero-order chi connectivity index (χ0) is 13.8. The van der Waals surface area contributed by atoms with E-state index in [0.29, 0.717) is 0 Å². The van der Waals surface area contributed by atoms with Crippen molar-refractivity contribution in [3.63, 3.8) is 0 Å². The Labute approximate surface area is 126 Å². The highest BCUT2D eigenvalue weighted by atomic mass is 32.2. The van der Waals surface area contributed by atoms with Crippen LogP contribution in [0.4, 0.5) is 0 Å². The summed E-state index contributed by atoms with van der Waals surface area (Å²) in [4.78, 5) is 5.32. The quantitative estimate of drug-likeness (QED) is 0.844. The molecule has 1 aromatic rings. The van der Waals surface area contributed by atoms with Gasteiger partial charge in [0.15, 0.2) is 0 Å². The molecule has 0 amide bonds. The number of rotatable bonds is 4. The van der Waals surface area contributed by atoms with Crippen LogP contribution in [0.5, 0.6) is 0 Å². The summed E-state index contributed by atoms with van der Waals surface area (Å²) >= 11 is 2.12. The summed E-state index contributed by atoms with van der Waals surface area (Å²) < 4.78 is 2.12. The van der Waals surface area contributed by atoms with Crippen molar-refractivity contribution in [1.82, 2.24) is 19.6 Å². The molecule has 0 saturated carbocycles. The molecule has 0 bridgehead atoms. The Bertz CT molecular complexity index is 406. The average molecular weight is 294 g/mol. The fourth-order valence-corrected chi connectivity index (χ4v) is 4.35. The van der Waals surface area contributed by atoms with Gasteiger partial charge in [-0.25, -0.2) is 0 Å². The molecular formula is C15H26N4S. The van der Waals surface area contributed by atoms with Gasteiger partial charge in [0, 0.05) is 50.7 Å². The third-order valence-corrected chi connectivity index (χ3v) is 5.72. The fraction of sp³-hybridized carbons (Fsp3) is 0.800. The van der Waals surface area contributed by atoms with Crippen molar-refractivity contribution in [3.8, 4) is 0 Å². The van der Waals surface area contributed by atoms with Crippen molar-refractivity contribution < 1.29 is 0 Å². The Kier molecular flexibility index (Phi) is 5.02. The topological polar surface area (TPSA) is 24.3 Å². The van der Waals surface area contributed by atoms with Crippen molar-refractivity contribution in [1.29, 1.82) is 0 Å². The summed E-state index contributed by atoms with van der Waals surface area (Å²) in [5, 5.41) is 4.37. The van der Waals surface area contributed by atoms with E-state index in [9.17, 15) is 0 Å². The molecule has 0 aliphatic carbocycles. The van der Waals surface area contributed by atoms with Crippen LogP contribution in [0.15, 0.2) is 12.3 Å². The highest BCUT2D eigenvalue weighted by Gasteiger charge is 2.25. The molecule has 3 rings (SSSR count). The molecule has 1 aromatic heterocycles. The predicted molar refractivity (Wildman–Crippen MR) is 85.3 cm³/mol. The van der Waals surface area contributed by atoms with Crippen LogP contribution in [-0.4, -0.2) is 69.9 Å². The fourth-order valence-electron chi connectivity index (χ4n) is 3.27. The summed E-state index contributed by atoms with van der Waals surface area (Å²) in [5.74, 6) is 2.73. The summed E-state index contributed by atoms with van der Waals surface area (Å²) in [7, 11) is 0. The standard InChI is InChI=1S/C15H26N4S/c1-14-2-5-16-19(14)11-8-17-6-9-18(10-7-17)15-3-12-20-13-4-15/h2,5,15H,3-4,6-13H2,1H3. The van der Waals surface area contributed by atoms with Crippen LogP contribution >= 0.6 is 11.8 Å². The zero-order valence-electron chi connectivity index (χ0n) is 12.5. The molecule has 0 atom stereocenters. The van der Waals surface area contributed by atoms with Crippen LogP contribution < -0.4 is 0 Å². The first-order chi connectivity index (χ1) is 9.83. The summed E-state index contributed by atoms with van der Waals surface area (Å²) in [6.45, 7) is 9.26. The molecule has 3 heterocycles. The second-order valence-corrected chi connectivity index (χ2v) is 7.14. The Morgan fingerprint density at radius 2 is 1.90 bits per heavy atom. The van der Waals surface area contributed by atoms with Crippen LogP contribution in [0.25, 0.3) is 0 Å². The molecule has 2 aliphatic heterocycles. The lowest BCUT2D eigenvalue weighted by molar-refractivity contribution is 0.0892. The Morgan fingerprint density at radius 3 is 2.55 bits per heavy atom.